The van der Waals surface area contributed by atoms with E-state index in [-0.39, 0.29) is 0 Å². The summed E-state index contributed by atoms with van der Waals surface area (Å²) in [5, 5.41) is 0. The van der Waals surface area contributed by atoms with Crippen LogP contribution in [-0.2, 0) is 4.74 Å². The first-order valence-corrected chi connectivity index (χ1v) is 7.56. The van der Waals surface area contributed by atoms with Gasteiger partial charge in [0, 0.05) is 26.2 Å². The van der Waals surface area contributed by atoms with Crippen LogP contribution in [0.4, 0.5) is 0 Å². The smallest absolute Gasteiger partial charge is 0.0589 e. The molecule has 0 bridgehead atoms. The Morgan fingerprint density at radius 1 is 1.24 bits per heavy atom. The lowest BCUT2D eigenvalue weighted by Crippen LogP contribution is -2.44. The lowest BCUT2D eigenvalue weighted by atomic mass is 9.83. The Bertz CT molecular complexity index is 175. The second kappa shape index (κ2) is 9.23. The van der Waals surface area contributed by atoms with E-state index in [1.807, 2.05) is 0 Å². The first kappa shape index (κ1) is 17.3. The first-order valence-electron chi connectivity index (χ1n) is 6.92. The number of ether oxygens (including phenoxy) is 1. The third kappa shape index (κ3) is 5.62. The zero-order chi connectivity index (χ0) is 13.3. The fraction of sp³-hybridized carbons (Fsp3) is 1.00. The topological polar surface area (TPSA) is 12.5 Å². The summed E-state index contributed by atoms with van der Waals surface area (Å²) in [5.41, 5.74) is 0.361. The molecule has 0 saturated heterocycles. The minimum absolute atomic E-state index is 0.361. The molecule has 0 aliphatic carbocycles. The van der Waals surface area contributed by atoms with Crippen LogP contribution in [-0.4, -0.2) is 43.5 Å². The van der Waals surface area contributed by atoms with Gasteiger partial charge in [-0.25, -0.2) is 0 Å². The summed E-state index contributed by atoms with van der Waals surface area (Å²) < 4.78 is 5.22. The van der Waals surface area contributed by atoms with Gasteiger partial charge in [-0.15, -0.1) is 0 Å². The molecule has 17 heavy (non-hydrogen) atoms. The summed E-state index contributed by atoms with van der Waals surface area (Å²) in [7, 11) is 1.78. The molecule has 0 aromatic carbocycles. The average Bonchev–Trinajstić information content (AvgIpc) is 2.39. The Morgan fingerprint density at radius 3 is 2.18 bits per heavy atom. The summed E-state index contributed by atoms with van der Waals surface area (Å²) in [6.45, 7) is 12.1. The second-order valence-electron chi connectivity index (χ2n) is 5.09. The van der Waals surface area contributed by atoms with Gasteiger partial charge in [-0.2, -0.15) is 12.6 Å². The zero-order valence-corrected chi connectivity index (χ0v) is 13.2. The fourth-order valence-electron chi connectivity index (χ4n) is 2.10. The molecule has 0 aliphatic heterocycles. The van der Waals surface area contributed by atoms with E-state index in [0.717, 1.165) is 25.4 Å². The van der Waals surface area contributed by atoms with Crippen LogP contribution >= 0.6 is 12.6 Å². The largest absolute Gasteiger partial charge is 0.383 e. The van der Waals surface area contributed by atoms with E-state index in [4.69, 9.17) is 4.74 Å². The van der Waals surface area contributed by atoms with Gasteiger partial charge in [0.15, 0.2) is 0 Å². The molecule has 0 fully saturated rings. The summed E-state index contributed by atoms with van der Waals surface area (Å²) in [6.07, 6.45) is 3.60. The Morgan fingerprint density at radius 2 is 1.82 bits per heavy atom. The monoisotopic (exact) mass is 261 g/mol. The van der Waals surface area contributed by atoms with Gasteiger partial charge in [-0.1, -0.05) is 20.8 Å². The molecule has 0 rings (SSSR count). The van der Waals surface area contributed by atoms with Crippen molar-refractivity contribution < 1.29 is 4.74 Å². The molecular weight excluding hydrogens is 230 g/mol. The minimum atomic E-state index is 0.361. The maximum Gasteiger partial charge on any atom is 0.0589 e. The molecule has 1 unspecified atom stereocenters. The highest BCUT2D eigenvalue weighted by atomic mass is 32.1. The van der Waals surface area contributed by atoms with Crippen LogP contribution in [0, 0.1) is 5.41 Å². The van der Waals surface area contributed by atoms with Crippen molar-refractivity contribution in [2.24, 2.45) is 5.41 Å². The maximum absolute atomic E-state index is 5.22. The number of methoxy groups -OCH3 is 1. The molecule has 104 valence electrons. The van der Waals surface area contributed by atoms with Gasteiger partial charge in [0.2, 0.25) is 0 Å². The summed E-state index contributed by atoms with van der Waals surface area (Å²) in [4.78, 5) is 2.56. The van der Waals surface area contributed by atoms with Crippen molar-refractivity contribution in [2.45, 2.75) is 53.0 Å². The highest BCUT2D eigenvalue weighted by Crippen LogP contribution is 2.29. The second-order valence-corrected chi connectivity index (χ2v) is 5.40. The van der Waals surface area contributed by atoms with Crippen molar-refractivity contribution in [3.8, 4) is 0 Å². The molecule has 1 atom stereocenters. The van der Waals surface area contributed by atoms with Crippen LogP contribution < -0.4 is 0 Å². The highest BCUT2D eigenvalue weighted by Gasteiger charge is 2.28. The van der Waals surface area contributed by atoms with Gasteiger partial charge in [0.25, 0.3) is 0 Å². The normalized spacial score (nSPS) is 14.3. The minimum Gasteiger partial charge on any atom is -0.383 e. The molecule has 0 aromatic rings. The third-order valence-electron chi connectivity index (χ3n) is 4.17. The van der Waals surface area contributed by atoms with Crippen molar-refractivity contribution in [1.29, 1.82) is 0 Å². The van der Waals surface area contributed by atoms with Crippen LogP contribution in [0.2, 0.25) is 0 Å². The molecule has 0 radical (unpaired) electrons. The SMILES string of the molecule is CCC(C)N(CCOC)CC(CC)(CC)CS. The van der Waals surface area contributed by atoms with Crippen LogP contribution in [0.5, 0.6) is 0 Å². The van der Waals surface area contributed by atoms with Crippen molar-refractivity contribution >= 4 is 12.6 Å². The lowest BCUT2D eigenvalue weighted by molar-refractivity contribution is 0.0819. The summed E-state index contributed by atoms with van der Waals surface area (Å²) in [6, 6.07) is 0.627. The van der Waals surface area contributed by atoms with Gasteiger partial charge < -0.3 is 4.74 Å². The van der Waals surface area contributed by atoms with E-state index in [2.05, 4.69) is 45.2 Å². The molecule has 0 N–H and O–H groups in total. The van der Waals surface area contributed by atoms with Gasteiger partial charge in [0.05, 0.1) is 6.61 Å². The molecule has 0 amide bonds. The molecular formula is C14H31NOS. The van der Waals surface area contributed by atoms with Gasteiger partial charge in [0.1, 0.15) is 0 Å². The Kier molecular flexibility index (Phi) is 9.38. The van der Waals surface area contributed by atoms with Gasteiger partial charge in [-0.05, 0) is 37.4 Å². The third-order valence-corrected chi connectivity index (χ3v) is 4.84. The summed E-state index contributed by atoms with van der Waals surface area (Å²) in [5.74, 6) is 0.972. The molecule has 0 aliphatic rings. The predicted molar refractivity (Wildman–Crippen MR) is 80.1 cm³/mol. The Hall–Kier alpha value is 0.270. The van der Waals surface area contributed by atoms with Crippen molar-refractivity contribution in [3.63, 3.8) is 0 Å². The quantitative estimate of drug-likeness (QED) is 0.605. The highest BCUT2D eigenvalue weighted by molar-refractivity contribution is 7.80. The Balaban J connectivity index is 4.57. The molecule has 3 heteroatoms. The van der Waals surface area contributed by atoms with E-state index < -0.39 is 0 Å². The molecule has 0 spiro atoms. The number of thiol groups is 1. The van der Waals surface area contributed by atoms with Gasteiger partial charge in [-0.3, -0.25) is 4.90 Å². The van der Waals surface area contributed by atoms with Crippen LogP contribution in [0.15, 0.2) is 0 Å². The van der Waals surface area contributed by atoms with E-state index in [0.29, 0.717) is 11.5 Å². The molecule has 0 heterocycles. The van der Waals surface area contributed by atoms with Crippen LogP contribution in [0.25, 0.3) is 0 Å². The van der Waals surface area contributed by atoms with Crippen molar-refractivity contribution in [3.05, 3.63) is 0 Å². The number of hydrogen-bond acceptors (Lipinski definition) is 3. The molecule has 0 saturated carbocycles. The van der Waals surface area contributed by atoms with E-state index in [9.17, 15) is 0 Å². The van der Waals surface area contributed by atoms with Crippen molar-refractivity contribution in [2.75, 3.05) is 32.6 Å². The van der Waals surface area contributed by atoms with Crippen LogP contribution in [0.1, 0.15) is 47.0 Å². The van der Waals surface area contributed by atoms with Gasteiger partial charge >= 0.3 is 0 Å². The predicted octanol–water partition coefficient (Wildman–Crippen LogP) is 3.47. The lowest BCUT2D eigenvalue weighted by Gasteiger charge is -2.39. The van der Waals surface area contributed by atoms with Crippen molar-refractivity contribution in [1.82, 2.24) is 4.90 Å². The number of rotatable bonds is 10. The van der Waals surface area contributed by atoms with E-state index in [1.54, 1.807) is 7.11 Å². The number of hydrogen-bond donors (Lipinski definition) is 1. The number of nitrogens with zero attached hydrogens (tertiary/aromatic N) is 1. The first-order chi connectivity index (χ1) is 8.09. The fourth-order valence-corrected chi connectivity index (χ4v) is 2.65. The standard InChI is InChI=1S/C14H31NOS/c1-6-13(4)15(9-10-16-5)11-14(7-2,8-3)12-17/h13,17H,6-12H2,1-5H3. The van der Waals surface area contributed by atoms with E-state index >= 15 is 0 Å². The van der Waals surface area contributed by atoms with E-state index in [1.165, 1.54) is 19.3 Å². The summed E-state index contributed by atoms with van der Waals surface area (Å²) >= 11 is 4.57. The maximum atomic E-state index is 5.22. The van der Waals surface area contributed by atoms with Crippen LogP contribution in [0.3, 0.4) is 0 Å². The molecule has 0 aromatic heterocycles. The molecule has 2 nitrogen and oxygen atoms in total. The zero-order valence-electron chi connectivity index (χ0n) is 12.3. The average molecular weight is 261 g/mol. The Labute approximate surface area is 114 Å².